The Balaban J connectivity index is 4.61. The van der Waals surface area contributed by atoms with Crippen LogP contribution in [0.4, 0.5) is 0 Å². The molecule has 0 heterocycles. The number of hydrogen-bond donors (Lipinski definition) is 3. The largest absolute Gasteiger partial charge is 0.756 e. The van der Waals surface area contributed by atoms with Crippen molar-refractivity contribution in [2.24, 2.45) is 0 Å². The molecular weight excluding hydrogens is 711 g/mol. The molecule has 0 bridgehead atoms. The van der Waals surface area contributed by atoms with E-state index in [2.05, 4.69) is 97.3 Å². The molecule has 0 aliphatic rings. The molecule has 9 nitrogen and oxygen atoms in total. The monoisotopic (exact) mass is 791 g/mol. The number of rotatable bonds is 36. The molecule has 55 heavy (non-hydrogen) atoms. The number of nitrogens with zero attached hydrogens (tertiary/aromatic N) is 1. The lowest BCUT2D eigenvalue weighted by Gasteiger charge is -2.31. The maximum Gasteiger partial charge on any atom is 0.268 e. The van der Waals surface area contributed by atoms with Crippen molar-refractivity contribution in [1.82, 2.24) is 5.32 Å². The second kappa shape index (κ2) is 36.0. The Bertz CT molecular complexity index is 1190. The van der Waals surface area contributed by atoms with Gasteiger partial charge in [-0.1, -0.05) is 118 Å². The third-order valence-electron chi connectivity index (χ3n) is 8.76. The van der Waals surface area contributed by atoms with E-state index in [-0.39, 0.29) is 18.9 Å². The summed E-state index contributed by atoms with van der Waals surface area (Å²) < 4.78 is 23.1. The first-order valence-corrected chi connectivity index (χ1v) is 22.4. The zero-order valence-electron chi connectivity index (χ0n) is 35.2. The number of likely N-dealkylation sites (N-methyl/N-ethyl adjacent to an activating group) is 1. The van der Waals surface area contributed by atoms with Gasteiger partial charge in [-0.05, 0) is 96.8 Å². The van der Waals surface area contributed by atoms with Crippen molar-refractivity contribution in [3.63, 3.8) is 0 Å². The quantitative estimate of drug-likeness (QED) is 0.0250. The second-order valence-corrected chi connectivity index (χ2v) is 16.5. The molecule has 0 aliphatic heterocycles. The van der Waals surface area contributed by atoms with Crippen molar-refractivity contribution in [1.29, 1.82) is 0 Å². The predicted molar refractivity (Wildman–Crippen MR) is 229 cm³/mol. The van der Waals surface area contributed by atoms with Gasteiger partial charge in [-0.2, -0.15) is 0 Å². The van der Waals surface area contributed by atoms with Gasteiger partial charge in [0, 0.05) is 6.42 Å². The van der Waals surface area contributed by atoms with Crippen molar-refractivity contribution in [2.75, 3.05) is 40.9 Å². The molecule has 3 N–H and O–H groups in total. The predicted octanol–water partition coefficient (Wildman–Crippen LogP) is 9.75. The van der Waals surface area contributed by atoms with E-state index in [0.29, 0.717) is 30.3 Å². The van der Waals surface area contributed by atoms with E-state index >= 15 is 0 Å². The van der Waals surface area contributed by atoms with E-state index in [1.807, 2.05) is 28.1 Å². The van der Waals surface area contributed by atoms with Crippen molar-refractivity contribution < 1.29 is 38.0 Å². The Hall–Kier alpha value is -2.36. The standard InChI is InChI=1S/C45H79N2O7P/c1-6-8-10-12-14-16-18-20-21-22-23-24-25-26-28-30-32-34-36-38-44(49)46-42(41-54-55(51,52)53-40-39-47(3,4)5)45(50)43(48)37-35-33-31-29-27-19-17-15-13-11-9-7-2/h7-10,14-17,20-21,23-24,29,31,42-43,45,48,50H,6,11-13,18-19,22,25-28,30,32-41H2,1-5H3,(H-,46,49,51,52)/b9-7+,10-8-,16-14-,17-15+,21-20-,24-23-,31-29+. The van der Waals surface area contributed by atoms with Gasteiger partial charge in [0.1, 0.15) is 19.3 Å². The topological polar surface area (TPSA) is 128 Å². The number of phosphoric ester groups is 1. The van der Waals surface area contributed by atoms with Crippen LogP contribution in [-0.4, -0.2) is 79.8 Å². The third kappa shape index (κ3) is 37.0. The van der Waals surface area contributed by atoms with Gasteiger partial charge in [0.05, 0.1) is 39.9 Å². The Morgan fingerprint density at radius 2 is 1.18 bits per heavy atom. The Kier molecular flexibility index (Phi) is 34.5. The van der Waals surface area contributed by atoms with Crippen LogP contribution in [-0.2, 0) is 18.4 Å². The van der Waals surface area contributed by atoms with Crippen LogP contribution in [0.3, 0.4) is 0 Å². The van der Waals surface area contributed by atoms with Gasteiger partial charge in [0.15, 0.2) is 0 Å². The van der Waals surface area contributed by atoms with E-state index in [4.69, 9.17) is 9.05 Å². The highest BCUT2D eigenvalue weighted by Crippen LogP contribution is 2.38. The Morgan fingerprint density at radius 1 is 0.691 bits per heavy atom. The lowest BCUT2D eigenvalue weighted by atomic mass is 10.0. The van der Waals surface area contributed by atoms with Crippen LogP contribution in [0, 0.1) is 0 Å². The minimum absolute atomic E-state index is 0.0583. The van der Waals surface area contributed by atoms with Crippen LogP contribution in [0.15, 0.2) is 85.1 Å². The van der Waals surface area contributed by atoms with Crippen LogP contribution in [0.1, 0.15) is 136 Å². The molecule has 0 rings (SSSR count). The number of hydrogen-bond acceptors (Lipinski definition) is 7. The molecule has 10 heteroatoms. The zero-order chi connectivity index (χ0) is 40.9. The lowest BCUT2D eigenvalue weighted by molar-refractivity contribution is -0.870. The van der Waals surface area contributed by atoms with E-state index in [0.717, 1.165) is 96.3 Å². The molecule has 0 aromatic carbocycles. The van der Waals surface area contributed by atoms with Gasteiger partial charge in [0.25, 0.3) is 7.82 Å². The molecule has 0 saturated heterocycles. The second-order valence-electron chi connectivity index (χ2n) is 15.1. The van der Waals surface area contributed by atoms with E-state index < -0.39 is 32.7 Å². The van der Waals surface area contributed by atoms with Crippen LogP contribution in [0.25, 0.3) is 0 Å². The average molecular weight is 791 g/mol. The maximum atomic E-state index is 12.9. The molecule has 0 spiro atoms. The first-order valence-electron chi connectivity index (χ1n) is 21.0. The number of phosphoric acid groups is 1. The van der Waals surface area contributed by atoms with E-state index in [1.165, 1.54) is 0 Å². The van der Waals surface area contributed by atoms with Gasteiger partial charge in [-0.15, -0.1) is 0 Å². The molecule has 0 radical (unpaired) electrons. The van der Waals surface area contributed by atoms with E-state index in [1.54, 1.807) is 0 Å². The zero-order valence-corrected chi connectivity index (χ0v) is 36.1. The Morgan fingerprint density at radius 3 is 1.76 bits per heavy atom. The van der Waals surface area contributed by atoms with Gasteiger partial charge in [-0.25, -0.2) is 0 Å². The molecule has 4 atom stereocenters. The summed E-state index contributed by atoms with van der Waals surface area (Å²) in [6, 6.07) is -1.11. The molecule has 4 unspecified atom stereocenters. The minimum atomic E-state index is -4.68. The Labute approximate surface area is 336 Å². The van der Waals surface area contributed by atoms with Gasteiger partial charge in [0.2, 0.25) is 5.91 Å². The van der Waals surface area contributed by atoms with Gasteiger partial charge >= 0.3 is 0 Å². The highest BCUT2D eigenvalue weighted by Gasteiger charge is 2.29. The molecule has 0 fully saturated rings. The summed E-state index contributed by atoms with van der Waals surface area (Å²) in [6.07, 6.45) is 44.9. The summed E-state index contributed by atoms with van der Waals surface area (Å²) in [5.74, 6) is -0.315. The number of aliphatic hydroxyl groups excluding tert-OH is 2. The number of aliphatic hydroxyl groups is 2. The van der Waals surface area contributed by atoms with Crippen molar-refractivity contribution in [2.45, 2.75) is 154 Å². The number of carbonyl (C=O) groups is 1. The number of nitrogens with one attached hydrogen (secondary N) is 1. The average Bonchev–Trinajstić information content (AvgIpc) is 3.13. The fourth-order valence-corrected chi connectivity index (χ4v) is 6.12. The summed E-state index contributed by atoms with van der Waals surface area (Å²) in [5.41, 5.74) is 0. The summed E-state index contributed by atoms with van der Waals surface area (Å²) >= 11 is 0. The fraction of sp³-hybridized carbons (Fsp3) is 0.667. The minimum Gasteiger partial charge on any atom is -0.756 e. The normalized spacial score (nSPS) is 15.9. The van der Waals surface area contributed by atoms with Gasteiger partial charge < -0.3 is 34.0 Å². The highest BCUT2D eigenvalue weighted by atomic mass is 31.2. The molecular formula is C45H79N2O7P. The number of allylic oxidation sites excluding steroid dienone is 14. The van der Waals surface area contributed by atoms with Crippen molar-refractivity contribution in [3.05, 3.63) is 85.1 Å². The maximum absolute atomic E-state index is 12.9. The van der Waals surface area contributed by atoms with Crippen LogP contribution < -0.4 is 10.2 Å². The van der Waals surface area contributed by atoms with E-state index in [9.17, 15) is 24.5 Å². The van der Waals surface area contributed by atoms with Gasteiger partial charge in [-0.3, -0.25) is 9.36 Å². The van der Waals surface area contributed by atoms with Crippen LogP contribution in [0.2, 0.25) is 0 Å². The van der Waals surface area contributed by atoms with Crippen LogP contribution in [0.5, 0.6) is 0 Å². The van der Waals surface area contributed by atoms with Crippen molar-refractivity contribution in [3.8, 4) is 0 Å². The van der Waals surface area contributed by atoms with Crippen molar-refractivity contribution >= 4 is 13.7 Å². The first kappa shape index (κ1) is 52.6. The summed E-state index contributed by atoms with van der Waals surface area (Å²) in [7, 11) is 1.06. The number of amides is 1. The number of carbonyl (C=O) groups excluding carboxylic acids is 1. The lowest BCUT2D eigenvalue weighted by Crippen LogP contribution is -2.51. The molecule has 316 valence electrons. The number of unbranched alkanes of at least 4 members (excludes halogenated alkanes) is 9. The number of quaternary nitrogens is 1. The summed E-state index contributed by atoms with van der Waals surface area (Å²) in [6.45, 7) is 4.03. The smallest absolute Gasteiger partial charge is 0.268 e. The summed E-state index contributed by atoms with van der Waals surface area (Å²) in [4.78, 5) is 25.3. The summed E-state index contributed by atoms with van der Waals surface area (Å²) in [5, 5.41) is 24.5. The molecule has 0 aliphatic carbocycles. The molecule has 0 aromatic heterocycles. The molecule has 1 amide bonds. The molecule has 0 aromatic rings. The first-order chi connectivity index (χ1) is 26.4. The SMILES string of the molecule is C/C=C/CC/C=C/CC/C=C/CCCC(O)C(O)C(COP(=O)([O-])OCC[N+](C)(C)C)NC(=O)CCCCCCCC/C=C\C/C=C\C/C=C\C/C=C\CC. The fourth-order valence-electron chi connectivity index (χ4n) is 5.40. The van der Waals surface area contributed by atoms with Crippen LogP contribution >= 0.6 is 7.82 Å². The molecule has 0 saturated carbocycles. The highest BCUT2D eigenvalue weighted by molar-refractivity contribution is 7.45. The third-order valence-corrected chi connectivity index (χ3v) is 9.72.